The summed E-state index contributed by atoms with van der Waals surface area (Å²) in [4.78, 5) is 0. The van der Waals surface area contributed by atoms with Crippen LogP contribution in [0.15, 0.2) is 24.3 Å². The van der Waals surface area contributed by atoms with Gasteiger partial charge in [-0.15, -0.1) is 0 Å². The molecule has 0 radical (unpaired) electrons. The molecule has 0 spiro atoms. The van der Waals surface area contributed by atoms with E-state index in [4.69, 9.17) is 15.2 Å². The molecule has 2 N–H and O–H groups in total. The molecule has 0 saturated carbocycles. The lowest BCUT2D eigenvalue weighted by molar-refractivity contribution is 0.0526. The second-order valence-electron chi connectivity index (χ2n) is 3.41. The van der Waals surface area contributed by atoms with Crippen LogP contribution in [0, 0.1) is 5.82 Å². The van der Waals surface area contributed by atoms with Crippen molar-refractivity contribution >= 4 is 0 Å². The summed E-state index contributed by atoms with van der Waals surface area (Å²) in [5, 5.41) is 0. The van der Waals surface area contributed by atoms with Crippen LogP contribution >= 0.6 is 0 Å². The van der Waals surface area contributed by atoms with Gasteiger partial charge in [0.05, 0.1) is 12.7 Å². The second kappa shape index (κ2) is 7.19. The summed E-state index contributed by atoms with van der Waals surface area (Å²) in [6, 6.07) is 6.09. The summed E-state index contributed by atoms with van der Waals surface area (Å²) in [5.41, 5.74) is 5.52. The van der Waals surface area contributed by atoms with Crippen LogP contribution < -0.4 is 10.5 Å². The van der Waals surface area contributed by atoms with E-state index in [1.807, 2.05) is 6.92 Å². The predicted octanol–water partition coefficient (Wildman–Crippen LogP) is 1.96. The van der Waals surface area contributed by atoms with Gasteiger partial charge in [-0.05, 0) is 19.1 Å². The van der Waals surface area contributed by atoms with Gasteiger partial charge in [0, 0.05) is 25.6 Å². The topological polar surface area (TPSA) is 44.5 Å². The molecule has 90 valence electrons. The number of hydrogen-bond acceptors (Lipinski definition) is 3. The number of hydrogen-bond donors (Lipinski definition) is 1. The van der Waals surface area contributed by atoms with Crippen LogP contribution in [0.4, 0.5) is 4.39 Å². The second-order valence-corrected chi connectivity index (χ2v) is 3.41. The van der Waals surface area contributed by atoms with Crippen molar-refractivity contribution in [2.75, 3.05) is 19.8 Å². The molecule has 0 saturated heterocycles. The van der Waals surface area contributed by atoms with E-state index in [-0.39, 0.29) is 11.9 Å². The molecule has 4 heteroatoms. The molecule has 0 fully saturated rings. The summed E-state index contributed by atoms with van der Waals surface area (Å²) in [6.45, 7) is 3.52. The Balaban J connectivity index is 2.29. The molecule has 0 aromatic heterocycles. The highest BCUT2D eigenvalue weighted by atomic mass is 19.1. The molecule has 0 aliphatic carbocycles. The number of ether oxygens (including phenoxy) is 2. The number of halogens is 1. The van der Waals surface area contributed by atoms with Crippen molar-refractivity contribution in [3.05, 3.63) is 30.1 Å². The third kappa shape index (κ3) is 4.59. The maximum Gasteiger partial charge on any atom is 0.126 e. The largest absolute Gasteiger partial charge is 0.493 e. The van der Waals surface area contributed by atoms with Crippen molar-refractivity contribution < 1.29 is 13.9 Å². The lowest BCUT2D eigenvalue weighted by Gasteiger charge is -2.15. The normalized spacial score (nSPS) is 12.4. The van der Waals surface area contributed by atoms with Crippen LogP contribution in [0.5, 0.6) is 5.75 Å². The minimum absolute atomic E-state index is 0.0126. The first kappa shape index (κ1) is 12.9. The first-order valence-electron chi connectivity index (χ1n) is 5.46. The van der Waals surface area contributed by atoms with E-state index in [9.17, 15) is 4.39 Å². The Kier molecular flexibility index (Phi) is 5.82. The summed E-state index contributed by atoms with van der Waals surface area (Å²) < 4.78 is 23.6. The van der Waals surface area contributed by atoms with E-state index in [1.165, 1.54) is 12.1 Å². The summed E-state index contributed by atoms with van der Waals surface area (Å²) in [7, 11) is 0. The fraction of sp³-hybridized carbons (Fsp3) is 0.500. The maximum absolute atomic E-state index is 12.8. The van der Waals surface area contributed by atoms with Crippen molar-refractivity contribution in [2.45, 2.75) is 19.4 Å². The van der Waals surface area contributed by atoms with Gasteiger partial charge in [0.15, 0.2) is 0 Å². The SMILES string of the molecule is CCOC(CN)CCOc1cccc(F)c1. The Hall–Kier alpha value is -1.13. The Morgan fingerprint density at radius 3 is 2.88 bits per heavy atom. The molecule has 1 aromatic rings. The van der Waals surface area contributed by atoms with Crippen molar-refractivity contribution in [1.82, 2.24) is 0 Å². The highest BCUT2D eigenvalue weighted by Gasteiger charge is 2.06. The van der Waals surface area contributed by atoms with Gasteiger partial charge in [-0.3, -0.25) is 0 Å². The third-order valence-electron chi connectivity index (χ3n) is 2.17. The van der Waals surface area contributed by atoms with E-state index >= 15 is 0 Å². The molecular formula is C12H18FNO2. The third-order valence-corrected chi connectivity index (χ3v) is 2.17. The Morgan fingerprint density at radius 2 is 2.25 bits per heavy atom. The molecule has 0 amide bonds. The molecule has 1 unspecified atom stereocenters. The van der Waals surface area contributed by atoms with E-state index < -0.39 is 0 Å². The highest BCUT2D eigenvalue weighted by molar-refractivity contribution is 5.22. The lowest BCUT2D eigenvalue weighted by atomic mass is 10.2. The number of nitrogens with two attached hydrogens (primary N) is 1. The predicted molar refractivity (Wildman–Crippen MR) is 61.0 cm³/mol. The molecule has 1 atom stereocenters. The molecule has 1 aromatic carbocycles. The average molecular weight is 227 g/mol. The first-order valence-corrected chi connectivity index (χ1v) is 5.46. The summed E-state index contributed by atoms with van der Waals surface area (Å²) in [5.74, 6) is 0.241. The van der Waals surface area contributed by atoms with Gasteiger partial charge in [0.2, 0.25) is 0 Å². The summed E-state index contributed by atoms with van der Waals surface area (Å²) in [6.07, 6.45) is 0.722. The Bertz CT molecular complexity index is 307. The fourth-order valence-corrected chi connectivity index (χ4v) is 1.37. The molecule has 0 aliphatic heterocycles. The molecule has 1 rings (SSSR count). The zero-order valence-electron chi connectivity index (χ0n) is 9.49. The van der Waals surface area contributed by atoms with Gasteiger partial charge in [-0.25, -0.2) is 4.39 Å². The van der Waals surface area contributed by atoms with E-state index in [2.05, 4.69) is 0 Å². The fourth-order valence-electron chi connectivity index (χ4n) is 1.37. The highest BCUT2D eigenvalue weighted by Crippen LogP contribution is 2.12. The van der Waals surface area contributed by atoms with Crippen LogP contribution in [-0.4, -0.2) is 25.9 Å². The molecule has 0 bridgehead atoms. The van der Waals surface area contributed by atoms with Crippen LogP contribution in [-0.2, 0) is 4.74 Å². The van der Waals surface area contributed by atoms with Crippen LogP contribution in [0.1, 0.15) is 13.3 Å². The van der Waals surface area contributed by atoms with Gasteiger partial charge >= 0.3 is 0 Å². The van der Waals surface area contributed by atoms with Gasteiger partial charge in [0.25, 0.3) is 0 Å². The van der Waals surface area contributed by atoms with Gasteiger partial charge in [0.1, 0.15) is 11.6 Å². The Morgan fingerprint density at radius 1 is 1.44 bits per heavy atom. The summed E-state index contributed by atoms with van der Waals surface area (Å²) >= 11 is 0. The quantitative estimate of drug-likeness (QED) is 0.774. The van der Waals surface area contributed by atoms with E-state index in [1.54, 1.807) is 12.1 Å². The van der Waals surface area contributed by atoms with E-state index in [0.717, 1.165) is 0 Å². The van der Waals surface area contributed by atoms with E-state index in [0.29, 0.717) is 31.9 Å². The zero-order chi connectivity index (χ0) is 11.8. The van der Waals surface area contributed by atoms with Crippen molar-refractivity contribution in [2.24, 2.45) is 5.73 Å². The first-order chi connectivity index (χ1) is 7.76. The number of rotatable bonds is 7. The van der Waals surface area contributed by atoms with Crippen LogP contribution in [0.3, 0.4) is 0 Å². The van der Waals surface area contributed by atoms with Crippen molar-refractivity contribution in [3.8, 4) is 5.75 Å². The van der Waals surface area contributed by atoms with Crippen molar-refractivity contribution in [1.29, 1.82) is 0 Å². The maximum atomic E-state index is 12.8. The number of benzene rings is 1. The van der Waals surface area contributed by atoms with Gasteiger partial charge in [-0.2, -0.15) is 0 Å². The molecule has 16 heavy (non-hydrogen) atoms. The lowest BCUT2D eigenvalue weighted by Crippen LogP contribution is -2.25. The molecule has 0 aliphatic rings. The molecule has 0 heterocycles. The molecular weight excluding hydrogens is 209 g/mol. The minimum atomic E-state index is -0.294. The van der Waals surface area contributed by atoms with Crippen molar-refractivity contribution in [3.63, 3.8) is 0 Å². The van der Waals surface area contributed by atoms with Gasteiger partial charge in [-0.1, -0.05) is 6.07 Å². The Labute approximate surface area is 95.4 Å². The molecule has 3 nitrogen and oxygen atoms in total. The van der Waals surface area contributed by atoms with Gasteiger partial charge < -0.3 is 15.2 Å². The standard InChI is InChI=1S/C12H18FNO2/c1-2-15-12(9-14)6-7-16-11-5-3-4-10(13)8-11/h3-5,8,12H,2,6-7,9,14H2,1H3. The zero-order valence-corrected chi connectivity index (χ0v) is 9.49. The monoisotopic (exact) mass is 227 g/mol. The minimum Gasteiger partial charge on any atom is -0.493 e. The smallest absolute Gasteiger partial charge is 0.126 e. The van der Waals surface area contributed by atoms with Crippen LogP contribution in [0.25, 0.3) is 0 Å². The average Bonchev–Trinajstić information content (AvgIpc) is 2.28. The van der Waals surface area contributed by atoms with Crippen LogP contribution in [0.2, 0.25) is 0 Å².